The fraction of sp³-hybridized carbons (Fsp3) is 0.273. The van der Waals surface area contributed by atoms with Crippen LogP contribution in [0.3, 0.4) is 0 Å². The maximum atomic E-state index is 12.2. The molecule has 0 amide bonds. The molecule has 0 spiro atoms. The molecule has 0 unspecified atom stereocenters. The van der Waals surface area contributed by atoms with E-state index in [0.29, 0.717) is 23.5 Å². The fourth-order valence-electron chi connectivity index (χ4n) is 1.62. The molecule has 8 heteroatoms. The molecule has 0 radical (unpaired) electrons. The Bertz CT molecular complexity index is 694. The molecule has 0 saturated heterocycles. The smallest absolute Gasteiger partial charge is 0.335 e. The van der Waals surface area contributed by atoms with Crippen LogP contribution in [0.15, 0.2) is 27.6 Å². The van der Waals surface area contributed by atoms with Gasteiger partial charge >= 0.3 is 6.01 Å². The van der Waals surface area contributed by atoms with Gasteiger partial charge in [-0.1, -0.05) is 18.1 Å². The number of anilines is 2. The number of hydrogen-bond donors (Lipinski definition) is 2. The van der Waals surface area contributed by atoms with Crippen LogP contribution in [0.5, 0.6) is 0 Å². The van der Waals surface area contributed by atoms with Gasteiger partial charge in [-0.25, -0.2) is 13.1 Å². The van der Waals surface area contributed by atoms with Crippen molar-refractivity contribution in [3.8, 4) is 0 Å². The summed E-state index contributed by atoms with van der Waals surface area (Å²) in [6.07, 6.45) is 0.569. The number of nitrogens with zero attached hydrogens (tertiary/aromatic N) is 2. The summed E-state index contributed by atoms with van der Waals surface area (Å²) in [5, 5.41) is 3.52. The van der Waals surface area contributed by atoms with Gasteiger partial charge in [0.2, 0.25) is 0 Å². The van der Waals surface area contributed by atoms with Crippen molar-refractivity contribution in [3.63, 3.8) is 0 Å². The maximum Gasteiger partial charge on any atom is 0.335 e. The number of aryl methyl sites for hydroxylation is 2. The molecule has 0 aliphatic heterocycles. The summed E-state index contributed by atoms with van der Waals surface area (Å²) < 4.78 is 31.5. The number of benzene rings is 1. The molecule has 7 nitrogen and oxygen atoms in total. The molecule has 0 fully saturated rings. The zero-order valence-corrected chi connectivity index (χ0v) is 11.4. The van der Waals surface area contributed by atoms with Gasteiger partial charge in [-0.15, -0.1) is 0 Å². The van der Waals surface area contributed by atoms with Gasteiger partial charge in [0.1, 0.15) is 0 Å². The van der Waals surface area contributed by atoms with Crippen LogP contribution in [0.25, 0.3) is 0 Å². The second kappa shape index (κ2) is 4.88. The Morgan fingerprint density at radius 2 is 2.16 bits per heavy atom. The Kier molecular flexibility index (Phi) is 3.43. The van der Waals surface area contributed by atoms with Gasteiger partial charge in [0.25, 0.3) is 10.0 Å². The lowest BCUT2D eigenvalue weighted by Crippen LogP contribution is -2.15. The second-order valence-electron chi connectivity index (χ2n) is 3.97. The Morgan fingerprint density at radius 3 is 2.74 bits per heavy atom. The normalized spacial score (nSPS) is 11.5. The maximum absolute atomic E-state index is 12.2. The van der Waals surface area contributed by atoms with E-state index in [1.54, 1.807) is 19.1 Å². The Balaban J connectivity index is 2.41. The van der Waals surface area contributed by atoms with E-state index in [2.05, 4.69) is 14.9 Å². The summed E-state index contributed by atoms with van der Waals surface area (Å²) in [7, 11) is -3.79. The highest BCUT2D eigenvalue weighted by Crippen LogP contribution is 2.22. The van der Waals surface area contributed by atoms with E-state index >= 15 is 0 Å². The largest absolute Gasteiger partial charge is 0.399 e. The van der Waals surface area contributed by atoms with Crippen molar-refractivity contribution in [1.29, 1.82) is 0 Å². The summed E-state index contributed by atoms with van der Waals surface area (Å²) in [4.78, 5) is 3.92. The molecule has 0 aliphatic rings. The Labute approximate surface area is 110 Å². The SMILES string of the molecule is CCc1ccc(N)cc1S(=O)(=O)Nc1nc(C)no1. The molecular formula is C11H14N4O3S. The van der Waals surface area contributed by atoms with Crippen LogP contribution in [0, 0.1) is 6.92 Å². The van der Waals surface area contributed by atoms with Crippen LogP contribution in [-0.2, 0) is 16.4 Å². The summed E-state index contributed by atoms with van der Waals surface area (Å²) in [5.74, 6) is 0.348. The second-order valence-corrected chi connectivity index (χ2v) is 5.62. The molecule has 1 heterocycles. The first-order valence-corrected chi connectivity index (χ1v) is 7.12. The molecule has 2 aromatic rings. The van der Waals surface area contributed by atoms with Crippen LogP contribution in [0.4, 0.5) is 11.7 Å². The first kappa shape index (κ1) is 13.3. The quantitative estimate of drug-likeness (QED) is 0.818. The number of aromatic nitrogens is 2. The zero-order chi connectivity index (χ0) is 14.0. The lowest BCUT2D eigenvalue weighted by atomic mass is 10.1. The minimum absolute atomic E-state index is 0.117. The molecule has 1 aromatic heterocycles. The van der Waals surface area contributed by atoms with E-state index in [1.165, 1.54) is 6.07 Å². The summed E-state index contributed by atoms with van der Waals surface area (Å²) in [6, 6.07) is 4.59. The van der Waals surface area contributed by atoms with Crippen molar-refractivity contribution >= 4 is 21.7 Å². The molecule has 19 heavy (non-hydrogen) atoms. The zero-order valence-electron chi connectivity index (χ0n) is 10.5. The van der Waals surface area contributed by atoms with E-state index in [-0.39, 0.29) is 10.9 Å². The van der Waals surface area contributed by atoms with E-state index < -0.39 is 10.0 Å². The van der Waals surface area contributed by atoms with Crippen LogP contribution in [0.1, 0.15) is 18.3 Å². The number of rotatable bonds is 4. The third kappa shape index (κ3) is 2.84. The first-order chi connectivity index (χ1) is 8.92. The van der Waals surface area contributed by atoms with Crippen LogP contribution >= 0.6 is 0 Å². The van der Waals surface area contributed by atoms with E-state index in [1.807, 2.05) is 6.92 Å². The van der Waals surface area contributed by atoms with Crippen LogP contribution in [-0.4, -0.2) is 18.6 Å². The minimum Gasteiger partial charge on any atom is -0.399 e. The summed E-state index contributed by atoms with van der Waals surface area (Å²) in [5.41, 5.74) is 6.67. The van der Waals surface area contributed by atoms with Gasteiger partial charge in [-0.2, -0.15) is 4.98 Å². The monoisotopic (exact) mass is 282 g/mol. The topological polar surface area (TPSA) is 111 Å². The lowest BCUT2D eigenvalue weighted by molar-refractivity contribution is 0.429. The molecule has 2 rings (SSSR count). The molecule has 102 valence electrons. The standard InChI is InChI=1S/C11H14N4O3S/c1-3-8-4-5-9(12)6-10(8)19(16,17)15-11-13-7(2)14-18-11/h4-6H,3,12H2,1-2H3,(H,13,14,15). The van der Waals surface area contributed by atoms with Crippen molar-refractivity contribution in [2.24, 2.45) is 0 Å². The highest BCUT2D eigenvalue weighted by Gasteiger charge is 2.20. The lowest BCUT2D eigenvalue weighted by Gasteiger charge is -2.09. The number of nitrogens with one attached hydrogen (secondary N) is 1. The summed E-state index contributed by atoms with van der Waals surface area (Å²) in [6.45, 7) is 3.46. The van der Waals surface area contributed by atoms with Gasteiger partial charge in [0, 0.05) is 5.69 Å². The van der Waals surface area contributed by atoms with E-state index in [0.717, 1.165) is 0 Å². The van der Waals surface area contributed by atoms with Crippen molar-refractivity contribution in [2.45, 2.75) is 25.2 Å². The first-order valence-electron chi connectivity index (χ1n) is 5.64. The van der Waals surface area contributed by atoms with Crippen molar-refractivity contribution in [2.75, 3.05) is 10.5 Å². The fourth-order valence-corrected chi connectivity index (χ4v) is 2.89. The Morgan fingerprint density at radius 1 is 1.42 bits per heavy atom. The highest BCUT2D eigenvalue weighted by molar-refractivity contribution is 7.92. The number of nitrogens with two attached hydrogens (primary N) is 1. The molecule has 0 saturated carbocycles. The van der Waals surface area contributed by atoms with Crippen LogP contribution < -0.4 is 10.5 Å². The van der Waals surface area contributed by atoms with Gasteiger partial charge in [0.05, 0.1) is 4.90 Å². The van der Waals surface area contributed by atoms with Gasteiger partial charge < -0.3 is 10.3 Å². The van der Waals surface area contributed by atoms with E-state index in [9.17, 15) is 8.42 Å². The predicted octanol–water partition coefficient (Wildman–Crippen LogP) is 1.32. The minimum atomic E-state index is -3.79. The number of sulfonamides is 1. The highest BCUT2D eigenvalue weighted by atomic mass is 32.2. The molecule has 0 atom stereocenters. The van der Waals surface area contributed by atoms with Crippen LogP contribution in [0.2, 0.25) is 0 Å². The average Bonchev–Trinajstić information content (AvgIpc) is 2.74. The van der Waals surface area contributed by atoms with Crippen molar-refractivity contribution < 1.29 is 12.9 Å². The van der Waals surface area contributed by atoms with E-state index in [4.69, 9.17) is 10.3 Å². The van der Waals surface area contributed by atoms with Crippen molar-refractivity contribution in [1.82, 2.24) is 10.1 Å². The van der Waals surface area contributed by atoms with Gasteiger partial charge in [0.15, 0.2) is 5.82 Å². The molecular weight excluding hydrogens is 268 g/mol. The molecule has 0 bridgehead atoms. The number of nitrogen functional groups attached to an aromatic ring is 1. The molecule has 1 aromatic carbocycles. The molecule has 3 N–H and O–H groups in total. The average molecular weight is 282 g/mol. The van der Waals surface area contributed by atoms with Gasteiger partial charge in [-0.3, -0.25) is 0 Å². The third-order valence-corrected chi connectivity index (χ3v) is 3.91. The summed E-state index contributed by atoms with van der Waals surface area (Å²) >= 11 is 0. The Hall–Kier alpha value is -2.09. The third-order valence-electron chi connectivity index (χ3n) is 2.51. The molecule has 0 aliphatic carbocycles. The van der Waals surface area contributed by atoms with Crippen molar-refractivity contribution in [3.05, 3.63) is 29.6 Å². The predicted molar refractivity (Wildman–Crippen MR) is 70.1 cm³/mol. The number of hydrogen-bond acceptors (Lipinski definition) is 6. The van der Waals surface area contributed by atoms with Gasteiger partial charge in [-0.05, 0) is 31.0 Å².